The number of urea groups is 1. The molecule has 1 fully saturated rings. The molecule has 0 radical (unpaired) electrons. The first kappa shape index (κ1) is 31.6. The number of benzene rings is 2. The van der Waals surface area contributed by atoms with Crippen LogP contribution in [0.1, 0.15) is 16.7 Å². The van der Waals surface area contributed by atoms with Crippen molar-refractivity contribution in [2.45, 2.75) is 19.3 Å². The molecule has 2 aromatic rings. The first-order chi connectivity index (χ1) is 15.9. The highest BCUT2D eigenvalue weighted by atomic mass is 35.5. The van der Waals surface area contributed by atoms with Gasteiger partial charge in [-0.3, -0.25) is 0 Å². The maximum Gasteiger partial charge on any atom is 0.416 e. The van der Waals surface area contributed by atoms with E-state index in [1.807, 2.05) is 12.2 Å². The highest BCUT2D eigenvalue weighted by molar-refractivity contribution is 6.00. The van der Waals surface area contributed by atoms with Gasteiger partial charge in [0.25, 0.3) is 0 Å². The Morgan fingerprint density at radius 2 is 1.47 bits per heavy atom. The van der Waals surface area contributed by atoms with Gasteiger partial charge in [-0.25, -0.2) is 4.79 Å². The van der Waals surface area contributed by atoms with Crippen molar-refractivity contribution in [3.63, 3.8) is 0 Å². The lowest BCUT2D eigenvalue weighted by Crippen LogP contribution is -3.20. The summed E-state index contributed by atoms with van der Waals surface area (Å²) < 4.78 is 83.9. The summed E-state index contributed by atoms with van der Waals surface area (Å²) in [6.07, 6.45) is -10.0. The van der Waals surface area contributed by atoms with Gasteiger partial charge in [-0.05, 0) is 36.8 Å². The Labute approximate surface area is 216 Å². The summed E-state index contributed by atoms with van der Waals surface area (Å²) in [6, 6.07) is 4.70. The Balaban J connectivity index is 0.00000324. The van der Waals surface area contributed by atoms with Crippen molar-refractivity contribution in [1.82, 2.24) is 0 Å². The molecule has 0 bridgehead atoms. The van der Waals surface area contributed by atoms with Gasteiger partial charge in [0.2, 0.25) is 0 Å². The van der Waals surface area contributed by atoms with Gasteiger partial charge in [-0.15, -0.1) is 0 Å². The van der Waals surface area contributed by atoms with Gasteiger partial charge < -0.3 is 50.4 Å². The Kier molecular flexibility index (Phi) is 11.6. The summed E-state index contributed by atoms with van der Waals surface area (Å²) in [6.45, 7) is 7.35. The SMILES string of the molecule is Cc1ccc(NC(=O)Nc2cc(C(F)(F)F)cc(C(F)(F)F)c2)cc1OCC[NH+]1CC[NH2+]CC1.[Cl-].[Cl-]. The summed E-state index contributed by atoms with van der Waals surface area (Å²) in [5.74, 6) is 0.527. The van der Waals surface area contributed by atoms with E-state index in [-0.39, 0.29) is 36.6 Å². The zero-order valence-corrected chi connectivity index (χ0v) is 20.6. The molecule has 202 valence electrons. The van der Waals surface area contributed by atoms with Crippen molar-refractivity contribution in [3.8, 4) is 5.75 Å². The number of amides is 2. The number of anilines is 2. The summed E-state index contributed by atoms with van der Waals surface area (Å²) in [5, 5.41) is 6.71. The topological polar surface area (TPSA) is 71.4 Å². The standard InChI is InChI=1S/C22H24F6N4O2.2ClH/c1-14-2-3-17(13-19(14)34-9-8-32-6-4-29-5-7-32)30-20(33)31-18-11-15(21(23,24)25)10-16(12-18)22(26,27)28;;/h2-3,10-13,29H,4-9H2,1H3,(H2,30,31,33);2*1H. The third-order valence-electron chi connectivity index (χ3n) is 5.41. The van der Waals surface area contributed by atoms with Crippen molar-refractivity contribution < 1.29 is 70.9 Å². The molecule has 36 heavy (non-hydrogen) atoms. The van der Waals surface area contributed by atoms with E-state index in [0.29, 0.717) is 24.5 Å². The van der Waals surface area contributed by atoms with E-state index in [2.05, 4.69) is 10.6 Å². The number of rotatable bonds is 6. The number of quaternary nitrogens is 2. The van der Waals surface area contributed by atoms with E-state index >= 15 is 0 Å². The Morgan fingerprint density at radius 3 is 2.03 bits per heavy atom. The van der Waals surface area contributed by atoms with Gasteiger partial charge in [-0.2, -0.15) is 26.3 Å². The molecule has 14 heteroatoms. The number of hydrogen-bond acceptors (Lipinski definition) is 2. The summed E-state index contributed by atoms with van der Waals surface area (Å²) in [7, 11) is 0. The average molecular weight is 563 g/mol. The van der Waals surface area contributed by atoms with Gasteiger partial charge in [-0.1, -0.05) is 6.07 Å². The second kappa shape index (κ2) is 13.2. The van der Waals surface area contributed by atoms with Crippen LogP contribution in [-0.4, -0.2) is 45.4 Å². The van der Waals surface area contributed by atoms with E-state index in [0.717, 1.165) is 38.3 Å². The predicted octanol–water partition coefficient (Wildman–Crippen LogP) is -3.47. The summed E-state index contributed by atoms with van der Waals surface area (Å²) >= 11 is 0. The molecule has 3 rings (SSSR count). The number of aryl methyl sites for hydroxylation is 1. The third-order valence-corrected chi connectivity index (χ3v) is 5.41. The zero-order chi connectivity index (χ0) is 24.9. The van der Waals surface area contributed by atoms with Crippen molar-refractivity contribution in [2.75, 3.05) is 50.0 Å². The molecule has 5 N–H and O–H groups in total. The molecule has 1 heterocycles. The van der Waals surface area contributed by atoms with E-state index in [4.69, 9.17) is 4.74 Å². The molecule has 0 saturated carbocycles. The van der Waals surface area contributed by atoms with Crippen LogP contribution in [0.25, 0.3) is 0 Å². The molecule has 1 saturated heterocycles. The number of halogens is 8. The number of nitrogens with one attached hydrogen (secondary N) is 3. The van der Waals surface area contributed by atoms with Crippen LogP contribution in [0.4, 0.5) is 42.5 Å². The van der Waals surface area contributed by atoms with Crippen LogP contribution in [0.3, 0.4) is 0 Å². The fourth-order valence-electron chi connectivity index (χ4n) is 3.59. The molecule has 0 aromatic heterocycles. The minimum Gasteiger partial charge on any atom is -1.00 e. The zero-order valence-electron chi connectivity index (χ0n) is 19.1. The second-order valence-corrected chi connectivity index (χ2v) is 8.07. The molecular formula is C22H26Cl2F6N4O2. The van der Waals surface area contributed by atoms with Crippen LogP contribution >= 0.6 is 0 Å². The number of piperazine rings is 1. The quantitative estimate of drug-likeness (QED) is 0.276. The van der Waals surface area contributed by atoms with E-state index in [1.54, 1.807) is 18.2 Å². The Bertz CT molecular complexity index is 983. The molecule has 0 unspecified atom stereocenters. The van der Waals surface area contributed by atoms with E-state index in [1.165, 1.54) is 4.90 Å². The second-order valence-electron chi connectivity index (χ2n) is 8.07. The molecule has 2 amide bonds. The van der Waals surface area contributed by atoms with Crippen molar-refractivity contribution >= 4 is 17.4 Å². The number of alkyl halides is 6. The van der Waals surface area contributed by atoms with Crippen LogP contribution in [0.15, 0.2) is 36.4 Å². The van der Waals surface area contributed by atoms with Crippen molar-refractivity contribution in [2.24, 2.45) is 0 Å². The van der Waals surface area contributed by atoms with Gasteiger partial charge >= 0.3 is 18.4 Å². The third kappa shape index (κ3) is 9.23. The molecule has 6 nitrogen and oxygen atoms in total. The van der Waals surface area contributed by atoms with E-state index in [9.17, 15) is 31.1 Å². The largest absolute Gasteiger partial charge is 1.00 e. The highest BCUT2D eigenvalue weighted by Gasteiger charge is 2.37. The molecule has 2 aromatic carbocycles. The lowest BCUT2D eigenvalue weighted by Gasteiger charge is -2.22. The van der Waals surface area contributed by atoms with Crippen LogP contribution in [0.5, 0.6) is 5.75 Å². The monoisotopic (exact) mass is 562 g/mol. The fourth-order valence-corrected chi connectivity index (χ4v) is 3.59. The van der Waals surface area contributed by atoms with Crippen LogP contribution in [0, 0.1) is 6.92 Å². The number of carbonyl (C=O) groups excluding carboxylic acids is 1. The van der Waals surface area contributed by atoms with Crippen molar-refractivity contribution in [1.29, 1.82) is 0 Å². The number of nitrogens with two attached hydrogens (primary N) is 1. The highest BCUT2D eigenvalue weighted by Crippen LogP contribution is 2.37. The van der Waals surface area contributed by atoms with Gasteiger partial charge in [0.15, 0.2) is 0 Å². The maximum atomic E-state index is 13.0. The van der Waals surface area contributed by atoms with Crippen LogP contribution in [-0.2, 0) is 12.4 Å². The molecule has 0 spiro atoms. The first-order valence-corrected chi connectivity index (χ1v) is 10.7. The van der Waals surface area contributed by atoms with Crippen LogP contribution in [0.2, 0.25) is 0 Å². The van der Waals surface area contributed by atoms with Gasteiger partial charge in [0.05, 0.1) is 11.1 Å². The minimum atomic E-state index is -5.01. The Morgan fingerprint density at radius 1 is 0.917 bits per heavy atom. The smallest absolute Gasteiger partial charge is 0.416 e. The molecule has 0 atom stereocenters. The molecule has 0 aliphatic carbocycles. The maximum absolute atomic E-state index is 13.0. The summed E-state index contributed by atoms with van der Waals surface area (Å²) in [5.41, 5.74) is -2.57. The predicted molar refractivity (Wildman–Crippen MR) is 113 cm³/mol. The fraction of sp³-hybridized carbons (Fsp3) is 0.409. The summed E-state index contributed by atoms with van der Waals surface area (Å²) in [4.78, 5) is 13.7. The number of hydrogen-bond donors (Lipinski definition) is 4. The van der Waals surface area contributed by atoms with E-state index < -0.39 is 35.2 Å². The van der Waals surface area contributed by atoms with Crippen LogP contribution < -0.4 is 50.4 Å². The lowest BCUT2D eigenvalue weighted by atomic mass is 10.1. The number of ether oxygens (including phenoxy) is 1. The lowest BCUT2D eigenvalue weighted by molar-refractivity contribution is -0.946. The Hall–Kier alpha value is -2.41. The number of carbonyl (C=O) groups is 1. The normalized spacial score (nSPS) is 14.3. The van der Waals surface area contributed by atoms with Crippen molar-refractivity contribution in [3.05, 3.63) is 53.1 Å². The van der Waals surface area contributed by atoms with Gasteiger partial charge in [0, 0.05) is 17.4 Å². The molecule has 1 aliphatic heterocycles. The molecule has 1 aliphatic rings. The average Bonchev–Trinajstić information content (AvgIpc) is 2.75. The minimum absolute atomic E-state index is 0. The molecular weight excluding hydrogens is 537 g/mol. The first-order valence-electron chi connectivity index (χ1n) is 10.7. The van der Waals surface area contributed by atoms with Gasteiger partial charge in [0.1, 0.15) is 45.1 Å².